The second kappa shape index (κ2) is 14.8. The Labute approximate surface area is 218 Å². The third-order valence-corrected chi connectivity index (χ3v) is 8.18. The molecule has 0 spiro atoms. The molecule has 2 aromatic carbocycles. The van der Waals surface area contributed by atoms with E-state index >= 15 is 0 Å². The molecule has 1 unspecified atom stereocenters. The van der Waals surface area contributed by atoms with Crippen molar-refractivity contribution >= 4 is 0 Å². The topological polar surface area (TPSA) is 0 Å². The van der Waals surface area contributed by atoms with Crippen LogP contribution in [-0.4, -0.2) is 5.92 Å². The fourth-order valence-electron chi connectivity index (χ4n) is 5.79. The lowest BCUT2D eigenvalue weighted by molar-refractivity contribution is -0.0566. The summed E-state index contributed by atoms with van der Waals surface area (Å²) < 4.78 is 40.4. The zero-order valence-corrected chi connectivity index (χ0v) is 22.6. The molecule has 1 aliphatic carbocycles. The molecular formula is C33H47F3. The van der Waals surface area contributed by atoms with Gasteiger partial charge in [0.25, 0.3) is 5.92 Å². The Kier molecular flexibility index (Phi) is 11.9. The van der Waals surface area contributed by atoms with E-state index in [4.69, 9.17) is 0 Å². The van der Waals surface area contributed by atoms with Gasteiger partial charge in [-0.05, 0) is 59.8 Å². The smallest absolute Gasteiger partial charge is 0.236 e. The minimum atomic E-state index is -3.37. The van der Waals surface area contributed by atoms with Gasteiger partial charge in [0.15, 0.2) is 6.17 Å². The highest BCUT2D eigenvalue weighted by Crippen LogP contribution is 2.39. The summed E-state index contributed by atoms with van der Waals surface area (Å²) in [6.45, 7) is 2.90. The predicted octanol–water partition coefficient (Wildman–Crippen LogP) is 11.6. The van der Waals surface area contributed by atoms with Crippen molar-refractivity contribution in [2.45, 2.75) is 128 Å². The van der Waals surface area contributed by atoms with Gasteiger partial charge in [0.05, 0.1) is 0 Å². The second-order valence-corrected chi connectivity index (χ2v) is 11.3. The highest BCUT2D eigenvalue weighted by Gasteiger charge is 2.35. The molecule has 0 radical (unpaired) electrons. The van der Waals surface area contributed by atoms with E-state index < -0.39 is 12.1 Å². The number of hydrogen-bond acceptors (Lipinski definition) is 0. The standard InChI is InChI=1S/C33H47F3/c1-3-4-5-6-7-8-9-10-11-12-13-26-14-16-27(17-15-26)28-18-20-29(21-19-28)30-22-24-31(25-23-30)32(34)33(2,35)36/h18-27,32H,3-17H2,1-2H3/t26-,27-,32?. The minimum absolute atomic E-state index is 0.0254. The first-order valence-electron chi connectivity index (χ1n) is 14.6. The van der Waals surface area contributed by atoms with Crippen LogP contribution in [-0.2, 0) is 0 Å². The number of alkyl halides is 3. The molecule has 1 aliphatic rings. The predicted molar refractivity (Wildman–Crippen MR) is 148 cm³/mol. The average Bonchev–Trinajstić information content (AvgIpc) is 2.89. The maximum Gasteiger partial charge on any atom is 0.280 e. The molecule has 200 valence electrons. The van der Waals surface area contributed by atoms with Gasteiger partial charge in [-0.2, -0.15) is 0 Å². The Morgan fingerprint density at radius 1 is 0.694 bits per heavy atom. The van der Waals surface area contributed by atoms with Crippen LogP contribution in [0.25, 0.3) is 11.1 Å². The molecule has 1 atom stereocenters. The van der Waals surface area contributed by atoms with Gasteiger partial charge in [-0.3, -0.25) is 0 Å². The first-order valence-corrected chi connectivity index (χ1v) is 14.6. The molecule has 0 aromatic heterocycles. The second-order valence-electron chi connectivity index (χ2n) is 11.3. The largest absolute Gasteiger partial charge is 0.280 e. The Hall–Kier alpha value is -1.77. The van der Waals surface area contributed by atoms with Crippen molar-refractivity contribution in [2.24, 2.45) is 5.92 Å². The summed E-state index contributed by atoms with van der Waals surface area (Å²) in [6, 6.07) is 15.1. The Balaban J connectivity index is 1.34. The van der Waals surface area contributed by atoms with Gasteiger partial charge in [-0.25, -0.2) is 13.2 Å². The van der Waals surface area contributed by atoms with Crippen molar-refractivity contribution in [3.8, 4) is 11.1 Å². The lowest BCUT2D eigenvalue weighted by Gasteiger charge is -2.29. The summed E-state index contributed by atoms with van der Waals surface area (Å²) in [5.74, 6) is -1.82. The lowest BCUT2D eigenvalue weighted by Crippen LogP contribution is -2.18. The van der Waals surface area contributed by atoms with Crippen molar-refractivity contribution in [3.63, 3.8) is 0 Å². The van der Waals surface area contributed by atoms with Crippen molar-refractivity contribution in [2.75, 3.05) is 0 Å². The molecule has 0 amide bonds. The zero-order valence-electron chi connectivity index (χ0n) is 22.6. The van der Waals surface area contributed by atoms with E-state index in [1.165, 1.54) is 114 Å². The number of rotatable bonds is 15. The molecule has 0 nitrogen and oxygen atoms in total. The summed E-state index contributed by atoms with van der Waals surface area (Å²) in [4.78, 5) is 0. The Bertz CT molecular complexity index is 842. The van der Waals surface area contributed by atoms with Crippen molar-refractivity contribution in [3.05, 3.63) is 59.7 Å². The fraction of sp³-hybridized carbons (Fsp3) is 0.636. The maximum atomic E-state index is 13.9. The highest BCUT2D eigenvalue weighted by atomic mass is 19.3. The van der Waals surface area contributed by atoms with Crippen LogP contribution in [0, 0.1) is 5.92 Å². The van der Waals surface area contributed by atoms with Gasteiger partial charge >= 0.3 is 0 Å². The van der Waals surface area contributed by atoms with E-state index in [9.17, 15) is 13.2 Å². The van der Waals surface area contributed by atoms with E-state index in [2.05, 4.69) is 31.2 Å². The number of unbranched alkanes of at least 4 members (excludes halogenated alkanes) is 9. The van der Waals surface area contributed by atoms with E-state index in [-0.39, 0.29) is 5.56 Å². The third kappa shape index (κ3) is 9.27. The van der Waals surface area contributed by atoms with Crippen LogP contribution < -0.4 is 0 Å². The van der Waals surface area contributed by atoms with Crippen LogP contribution in [0.2, 0.25) is 0 Å². The van der Waals surface area contributed by atoms with Gasteiger partial charge in [0.1, 0.15) is 0 Å². The zero-order chi connectivity index (χ0) is 25.8. The van der Waals surface area contributed by atoms with Gasteiger partial charge in [0.2, 0.25) is 0 Å². The average molecular weight is 501 g/mol. The molecule has 0 aliphatic heterocycles. The number of halogens is 3. The molecule has 36 heavy (non-hydrogen) atoms. The third-order valence-electron chi connectivity index (χ3n) is 8.18. The van der Waals surface area contributed by atoms with Crippen molar-refractivity contribution in [1.29, 1.82) is 0 Å². The minimum Gasteiger partial charge on any atom is -0.236 e. The van der Waals surface area contributed by atoms with Crippen LogP contribution in [0.5, 0.6) is 0 Å². The van der Waals surface area contributed by atoms with Gasteiger partial charge in [-0.15, -0.1) is 0 Å². The summed E-state index contributed by atoms with van der Waals surface area (Å²) in [5, 5.41) is 0. The van der Waals surface area contributed by atoms with Gasteiger partial charge < -0.3 is 0 Å². The van der Waals surface area contributed by atoms with Crippen LogP contribution in [0.4, 0.5) is 13.2 Å². The summed E-state index contributed by atoms with van der Waals surface area (Å²) in [5.41, 5.74) is 3.40. The molecule has 2 aromatic rings. The van der Waals surface area contributed by atoms with E-state index in [1.807, 2.05) is 0 Å². The quantitative estimate of drug-likeness (QED) is 0.213. The molecule has 3 heteroatoms. The number of benzene rings is 2. The molecule has 3 rings (SSSR count). The Morgan fingerprint density at radius 2 is 1.17 bits per heavy atom. The first-order chi connectivity index (χ1) is 17.4. The summed E-state index contributed by atoms with van der Waals surface area (Å²) in [7, 11) is 0. The van der Waals surface area contributed by atoms with E-state index in [0.29, 0.717) is 12.8 Å². The van der Waals surface area contributed by atoms with E-state index in [1.54, 1.807) is 12.1 Å². The van der Waals surface area contributed by atoms with Crippen molar-refractivity contribution < 1.29 is 13.2 Å². The van der Waals surface area contributed by atoms with E-state index in [0.717, 1.165) is 17.0 Å². The van der Waals surface area contributed by atoms with Crippen LogP contribution >= 0.6 is 0 Å². The fourth-order valence-corrected chi connectivity index (χ4v) is 5.79. The molecule has 0 N–H and O–H groups in total. The summed E-state index contributed by atoms with van der Waals surface area (Å²) >= 11 is 0. The van der Waals surface area contributed by atoms with Gasteiger partial charge in [-0.1, -0.05) is 126 Å². The molecule has 0 bridgehead atoms. The van der Waals surface area contributed by atoms with Crippen molar-refractivity contribution in [1.82, 2.24) is 0 Å². The monoisotopic (exact) mass is 500 g/mol. The Morgan fingerprint density at radius 3 is 1.67 bits per heavy atom. The molecular weight excluding hydrogens is 453 g/mol. The lowest BCUT2D eigenvalue weighted by atomic mass is 9.77. The van der Waals surface area contributed by atoms with Gasteiger partial charge in [0, 0.05) is 6.92 Å². The molecule has 1 saturated carbocycles. The van der Waals surface area contributed by atoms with Crippen LogP contribution in [0.3, 0.4) is 0 Å². The SMILES string of the molecule is CCCCCCCCCCCC[C@H]1CC[C@H](c2ccc(-c3ccc(C(F)C(C)(F)F)cc3)cc2)CC1. The van der Waals surface area contributed by atoms with Crippen LogP contribution in [0.1, 0.15) is 133 Å². The maximum absolute atomic E-state index is 13.9. The normalized spacial score (nSPS) is 19.4. The molecule has 0 saturated heterocycles. The summed E-state index contributed by atoms with van der Waals surface area (Å²) in [6.07, 6.45) is 18.5. The number of hydrogen-bond donors (Lipinski definition) is 0. The highest BCUT2D eigenvalue weighted by molar-refractivity contribution is 5.64. The molecule has 0 heterocycles. The molecule has 1 fully saturated rings. The first kappa shape index (κ1) is 28.8. The van der Waals surface area contributed by atoms with Crippen LogP contribution in [0.15, 0.2) is 48.5 Å².